The van der Waals surface area contributed by atoms with Gasteiger partial charge in [0.2, 0.25) is 0 Å². The Hall–Kier alpha value is -0.630. The molecule has 0 fully saturated rings. The van der Waals surface area contributed by atoms with Crippen LogP contribution in [0, 0.1) is 11.3 Å². The Morgan fingerprint density at radius 3 is 2.11 bits per heavy atom. The largest absolute Gasteiger partial charge is 0.494 e. The van der Waals surface area contributed by atoms with Crippen molar-refractivity contribution in [2.24, 2.45) is 11.3 Å². The van der Waals surface area contributed by atoms with Crippen molar-refractivity contribution >= 4 is 12.6 Å². The van der Waals surface area contributed by atoms with Gasteiger partial charge in [-0.15, -0.1) is 0 Å². The fourth-order valence-electron chi connectivity index (χ4n) is 2.91. The number of hydrogen-bond acceptors (Lipinski definition) is 2. The van der Waals surface area contributed by atoms with E-state index in [9.17, 15) is 0 Å². The molecule has 1 aromatic carbocycles. The lowest BCUT2D eigenvalue weighted by Crippen LogP contribution is -2.23. The van der Waals surface area contributed by atoms with Gasteiger partial charge in [0.1, 0.15) is 5.75 Å². The van der Waals surface area contributed by atoms with E-state index in [0.717, 1.165) is 24.5 Å². The Kier molecular flexibility index (Phi) is 6.25. The predicted octanol–water partition coefficient (Wildman–Crippen LogP) is 5.17. The molecular weight excluding hydrogens is 252 g/mol. The molecule has 1 rings (SSSR count). The average Bonchev–Trinajstić information content (AvgIpc) is 2.29. The van der Waals surface area contributed by atoms with Gasteiger partial charge >= 0.3 is 0 Å². The highest BCUT2D eigenvalue weighted by molar-refractivity contribution is 7.80. The van der Waals surface area contributed by atoms with E-state index in [1.807, 2.05) is 0 Å². The van der Waals surface area contributed by atoms with E-state index in [-0.39, 0.29) is 5.41 Å². The monoisotopic (exact) mass is 280 g/mol. The molecule has 1 atom stereocenters. The number of benzene rings is 1. The fourth-order valence-corrected chi connectivity index (χ4v) is 3.04. The third-order valence-electron chi connectivity index (χ3n) is 3.41. The molecule has 108 valence electrons. The van der Waals surface area contributed by atoms with Gasteiger partial charge in [0.15, 0.2) is 0 Å². The van der Waals surface area contributed by atoms with E-state index in [2.05, 4.69) is 71.5 Å². The molecule has 0 radical (unpaired) electrons. The van der Waals surface area contributed by atoms with E-state index in [1.165, 1.54) is 5.56 Å². The highest BCUT2D eigenvalue weighted by Crippen LogP contribution is 2.40. The molecule has 0 aliphatic rings. The molecule has 0 bridgehead atoms. The van der Waals surface area contributed by atoms with Crippen LogP contribution in [0.3, 0.4) is 0 Å². The smallest absolute Gasteiger partial charge is 0.119 e. The molecule has 0 spiro atoms. The molecule has 1 aromatic rings. The summed E-state index contributed by atoms with van der Waals surface area (Å²) in [5.74, 6) is 3.04. The Bertz CT molecular complexity index is 362. The molecule has 1 unspecified atom stereocenters. The predicted molar refractivity (Wildman–Crippen MR) is 87.4 cm³/mol. The third kappa shape index (κ3) is 5.10. The first-order valence-electron chi connectivity index (χ1n) is 7.20. The molecular formula is C17H28OS. The molecule has 0 amide bonds. The molecule has 0 saturated heterocycles. The van der Waals surface area contributed by atoms with Crippen molar-refractivity contribution in [2.75, 3.05) is 12.4 Å². The number of hydrogen-bond donors (Lipinski definition) is 1. The normalized spacial score (nSPS) is 13.6. The highest BCUT2D eigenvalue weighted by Gasteiger charge is 2.28. The van der Waals surface area contributed by atoms with Crippen molar-refractivity contribution in [3.05, 3.63) is 29.8 Å². The van der Waals surface area contributed by atoms with Crippen LogP contribution in [0.5, 0.6) is 5.75 Å². The zero-order valence-corrected chi connectivity index (χ0v) is 13.8. The van der Waals surface area contributed by atoms with Gasteiger partial charge in [0.25, 0.3) is 0 Å². The van der Waals surface area contributed by atoms with Crippen molar-refractivity contribution < 1.29 is 4.74 Å². The zero-order chi connectivity index (χ0) is 14.5. The summed E-state index contributed by atoms with van der Waals surface area (Å²) in [6, 6.07) is 8.61. The first-order chi connectivity index (χ1) is 8.86. The number of thiol groups is 1. The lowest BCUT2D eigenvalue weighted by Gasteiger charge is -2.34. The molecule has 0 heterocycles. The summed E-state index contributed by atoms with van der Waals surface area (Å²) in [6.07, 6.45) is 0.988. The van der Waals surface area contributed by atoms with Gasteiger partial charge in [-0.1, -0.05) is 46.8 Å². The van der Waals surface area contributed by atoms with Crippen molar-refractivity contribution in [1.82, 2.24) is 0 Å². The molecule has 0 saturated carbocycles. The molecule has 0 aromatic heterocycles. The summed E-state index contributed by atoms with van der Waals surface area (Å²) in [4.78, 5) is 0. The maximum Gasteiger partial charge on any atom is 0.119 e. The summed E-state index contributed by atoms with van der Waals surface area (Å²) in [7, 11) is 0. The van der Waals surface area contributed by atoms with Gasteiger partial charge in [-0.2, -0.15) is 12.6 Å². The van der Waals surface area contributed by atoms with Crippen LogP contribution < -0.4 is 4.74 Å². The van der Waals surface area contributed by atoms with Crippen molar-refractivity contribution in [3.63, 3.8) is 0 Å². The van der Waals surface area contributed by atoms with Gasteiger partial charge in [-0.3, -0.25) is 0 Å². The van der Waals surface area contributed by atoms with E-state index in [4.69, 9.17) is 4.74 Å². The van der Waals surface area contributed by atoms with Crippen LogP contribution in [-0.4, -0.2) is 12.4 Å². The van der Waals surface area contributed by atoms with Crippen LogP contribution in [0.15, 0.2) is 24.3 Å². The van der Waals surface area contributed by atoms with E-state index in [1.54, 1.807) is 0 Å². The highest BCUT2D eigenvalue weighted by atomic mass is 32.1. The van der Waals surface area contributed by atoms with Gasteiger partial charge in [-0.05, 0) is 47.1 Å². The summed E-state index contributed by atoms with van der Waals surface area (Å²) in [6.45, 7) is 12.3. The quantitative estimate of drug-likeness (QED) is 0.558. The van der Waals surface area contributed by atoms with Crippen LogP contribution in [0.2, 0.25) is 0 Å². The van der Waals surface area contributed by atoms with E-state index >= 15 is 0 Å². The third-order valence-corrected chi connectivity index (χ3v) is 3.73. The Morgan fingerprint density at radius 2 is 1.68 bits per heavy atom. The summed E-state index contributed by atoms with van der Waals surface area (Å²) >= 11 is 4.18. The lowest BCUT2D eigenvalue weighted by atomic mass is 9.70. The minimum Gasteiger partial charge on any atom is -0.494 e. The van der Waals surface area contributed by atoms with Crippen molar-refractivity contribution in [1.29, 1.82) is 0 Å². The first kappa shape index (κ1) is 16.4. The standard InChI is InChI=1S/C17H28OS/c1-13(2)16(17(3,4)5)14-7-9-15(10-8-14)18-11-6-12-19/h7-10,13,16,19H,6,11-12H2,1-5H3. The second kappa shape index (κ2) is 7.23. The van der Waals surface area contributed by atoms with Crippen molar-refractivity contribution in [3.8, 4) is 5.75 Å². The number of rotatable bonds is 6. The first-order valence-corrected chi connectivity index (χ1v) is 7.83. The fraction of sp³-hybridized carbons (Fsp3) is 0.647. The second-order valence-corrected chi connectivity index (χ2v) is 7.03. The second-order valence-electron chi connectivity index (χ2n) is 6.58. The van der Waals surface area contributed by atoms with Crippen LogP contribution in [-0.2, 0) is 0 Å². The van der Waals surface area contributed by atoms with E-state index < -0.39 is 0 Å². The summed E-state index contributed by atoms with van der Waals surface area (Å²) < 4.78 is 5.68. The molecule has 1 nitrogen and oxygen atoms in total. The SMILES string of the molecule is CC(C)C(c1ccc(OCCCS)cc1)C(C)(C)C. The summed E-state index contributed by atoms with van der Waals surface area (Å²) in [5.41, 5.74) is 1.69. The average molecular weight is 280 g/mol. The summed E-state index contributed by atoms with van der Waals surface area (Å²) in [5, 5.41) is 0. The Balaban J connectivity index is 2.78. The van der Waals surface area contributed by atoms with Crippen LogP contribution in [0.4, 0.5) is 0 Å². The van der Waals surface area contributed by atoms with Gasteiger partial charge in [0.05, 0.1) is 6.61 Å². The minimum atomic E-state index is 0.280. The van der Waals surface area contributed by atoms with E-state index in [0.29, 0.717) is 11.8 Å². The van der Waals surface area contributed by atoms with Crippen LogP contribution in [0.25, 0.3) is 0 Å². The molecule has 0 aliphatic heterocycles. The van der Waals surface area contributed by atoms with Gasteiger partial charge in [-0.25, -0.2) is 0 Å². The molecule has 2 heteroatoms. The Labute approximate surface area is 124 Å². The topological polar surface area (TPSA) is 9.23 Å². The maximum absolute atomic E-state index is 5.68. The van der Waals surface area contributed by atoms with Gasteiger partial charge < -0.3 is 4.74 Å². The van der Waals surface area contributed by atoms with Crippen molar-refractivity contribution in [2.45, 2.75) is 47.0 Å². The minimum absolute atomic E-state index is 0.280. The maximum atomic E-state index is 5.68. The van der Waals surface area contributed by atoms with Gasteiger partial charge in [0, 0.05) is 0 Å². The molecule has 0 N–H and O–H groups in total. The molecule has 19 heavy (non-hydrogen) atoms. The molecule has 0 aliphatic carbocycles. The Morgan fingerprint density at radius 1 is 1.11 bits per heavy atom. The van der Waals surface area contributed by atoms with Crippen LogP contribution >= 0.6 is 12.6 Å². The lowest BCUT2D eigenvalue weighted by molar-refractivity contribution is 0.258. The number of ether oxygens (including phenoxy) is 1. The van der Waals surface area contributed by atoms with Crippen LogP contribution in [0.1, 0.15) is 52.5 Å². The zero-order valence-electron chi connectivity index (χ0n) is 12.9.